The maximum Gasteiger partial charge on any atom is 0.226 e. The SMILES string of the molecule is Cc1ccnc(Nc2nc(CC(=O)NC(C)c3ccccc3)cs2)c1. The van der Waals surface area contributed by atoms with Crippen LogP contribution >= 0.6 is 11.3 Å². The van der Waals surface area contributed by atoms with Crippen molar-refractivity contribution in [1.82, 2.24) is 15.3 Å². The van der Waals surface area contributed by atoms with E-state index in [0.29, 0.717) is 0 Å². The van der Waals surface area contributed by atoms with Gasteiger partial charge < -0.3 is 10.6 Å². The van der Waals surface area contributed by atoms with Gasteiger partial charge in [-0.25, -0.2) is 9.97 Å². The van der Waals surface area contributed by atoms with Gasteiger partial charge in [0.15, 0.2) is 5.13 Å². The van der Waals surface area contributed by atoms with E-state index in [1.165, 1.54) is 11.3 Å². The first kappa shape index (κ1) is 17.1. The first-order chi connectivity index (χ1) is 12.1. The highest BCUT2D eigenvalue weighted by atomic mass is 32.1. The molecule has 2 aromatic heterocycles. The highest BCUT2D eigenvalue weighted by Crippen LogP contribution is 2.20. The standard InChI is InChI=1S/C19H20N4OS/c1-13-8-9-20-17(10-13)23-19-22-16(12-25-19)11-18(24)21-14(2)15-6-4-3-5-7-15/h3-10,12,14H,11H2,1-2H3,(H,21,24)(H,20,22,23). The molecule has 0 saturated carbocycles. The number of rotatable bonds is 6. The van der Waals surface area contributed by atoms with E-state index < -0.39 is 0 Å². The fraction of sp³-hybridized carbons (Fsp3) is 0.211. The maximum absolute atomic E-state index is 12.2. The molecular formula is C19H20N4OS. The summed E-state index contributed by atoms with van der Waals surface area (Å²) in [6.07, 6.45) is 2.02. The molecule has 0 spiro atoms. The van der Waals surface area contributed by atoms with Gasteiger partial charge in [0.25, 0.3) is 0 Å². The van der Waals surface area contributed by atoms with Gasteiger partial charge in [-0.2, -0.15) is 0 Å². The first-order valence-electron chi connectivity index (χ1n) is 8.08. The monoisotopic (exact) mass is 352 g/mol. The van der Waals surface area contributed by atoms with Gasteiger partial charge in [-0.1, -0.05) is 30.3 Å². The van der Waals surface area contributed by atoms with Crippen LogP contribution in [0, 0.1) is 6.92 Å². The Balaban J connectivity index is 1.56. The topological polar surface area (TPSA) is 66.9 Å². The van der Waals surface area contributed by atoms with Gasteiger partial charge in [0.2, 0.25) is 5.91 Å². The van der Waals surface area contributed by atoms with E-state index >= 15 is 0 Å². The average molecular weight is 352 g/mol. The number of benzene rings is 1. The Labute approximate surface area is 151 Å². The summed E-state index contributed by atoms with van der Waals surface area (Å²) in [5, 5.41) is 8.80. The number of nitrogens with one attached hydrogen (secondary N) is 2. The van der Waals surface area contributed by atoms with Crippen molar-refractivity contribution >= 4 is 28.2 Å². The van der Waals surface area contributed by atoms with Crippen LogP contribution in [0.5, 0.6) is 0 Å². The molecule has 1 unspecified atom stereocenters. The number of pyridine rings is 1. The molecule has 0 radical (unpaired) electrons. The van der Waals surface area contributed by atoms with Crippen molar-refractivity contribution in [1.29, 1.82) is 0 Å². The van der Waals surface area contributed by atoms with Crippen LogP contribution in [0.25, 0.3) is 0 Å². The predicted molar refractivity (Wildman–Crippen MR) is 101 cm³/mol. The largest absolute Gasteiger partial charge is 0.349 e. The van der Waals surface area contributed by atoms with E-state index in [2.05, 4.69) is 20.6 Å². The Hall–Kier alpha value is -2.73. The van der Waals surface area contributed by atoms with Gasteiger partial charge in [-0.15, -0.1) is 11.3 Å². The number of carbonyl (C=O) groups is 1. The minimum Gasteiger partial charge on any atom is -0.349 e. The molecule has 1 aromatic carbocycles. The van der Waals surface area contributed by atoms with Gasteiger partial charge in [0.05, 0.1) is 18.2 Å². The lowest BCUT2D eigenvalue weighted by Crippen LogP contribution is -2.28. The van der Waals surface area contributed by atoms with Crippen molar-refractivity contribution in [2.24, 2.45) is 0 Å². The molecule has 0 saturated heterocycles. The third-order valence-electron chi connectivity index (χ3n) is 3.72. The quantitative estimate of drug-likeness (QED) is 0.703. The van der Waals surface area contributed by atoms with Crippen molar-refractivity contribution < 1.29 is 4.79 Å². The van der Waals surface area contributed by atoms with Crippen LogP contribution < -0.4 is 10.6 Å². The minimum atomic E-state index is -0.0399. The van der Waals surface area contributed by atoms with Crippen molar-refractivity contribution in [2.75, 3.05) is 5.32 Å². The van der Waals surface area contributed by atoms with E-state index in [1.54, 1.807) is 6.20 Å². The van der Waals surface area contributed by atoms with Crippen LogP contribution in [0.1, 0.15) is 29.8 Å². The van der Waals surface area contributed by atoms with Crippen LogP contribution in [-0.4, -0.2) is 15.9 Å². The number of aromatic nitrogens is 2. The molecule has 0 aliphatic heterocycles. The predicted octanol–water partition coefficient (Wildman–Crippen LogP) is 4.01. The van der Waals surface area contributed by atoms with E-state index in [0.717, 1.165) is 27.8 Å². The van der Waals surface area contributed by atoms with E-state index in [1.807, 2.05) is 61.7 Å². The summed E-state index contributed by atoms with van der Waals surface area (Å²) in [5.41, 5.74) is 2.96. The first-order valence-corrected chi connectivity index (χ1v) is 8.96. The van der Waals surface area contributed by atoms with Crippen LogP contribution in [0.3, 0.4) is 0 Å². The van der Waals surface area contributed by atoms with Crippen molar-refractivity contribution in [3.63, 3.8) is 0 Å². The molecule has 2 heterocycles. The molecule has 0 aliphatic carbocycles. The summed E-state index contributed by atoms with van der Waals surface area (Å²) in [6.45, 7) is 3.99. The number of anilines is 2. The summed E-state index contributed by atoms with van der Waals surface area (Å²) < 4.78 is 0. The number of carbonyl (C=O) groups excluding carboxylic acids is 1. The molecule has 0 fully saturated rings. The zero-order chi connectivity index (χ0) is 17.6. The zero-order valence-corrected chi connectivity index (χ0v) is 15.0. The number of nitrogens with zero attached hydrogens (tertiary/aromatic N) is 2. The van der Waals surface area contributed by atoms with E-state index in [-0.39, 0.29) is 18.4 Å². The lowest BCUT2D eigenvalue weighted by atomic mass is 10.1. The Morgan fingerprint density at radius 2 is 2.04 bits per heavy atom. The fourth-order valence-corrected chi connectivity index (χ4v) is 3.16. The van der Waals surface area contributed by atoms with Crippen molar-refractivity contribution in [3.8, 4) is 0 Å². The Kier molecular flexibility index (Phi) is 5.40. The maximum atomic E-state index is 12.2. The van der Waals surface area contributed by atoms with Gasteiger partial charge in [-0.3, -0.25) is 4.79 Å². The summed E-state index contributed by atoms with van der Waals surface area (Å²) in [7, 11) is 0. The smallest absolute Gasteiger partial charge is 0.226 e. The van der Waals surface area contributed by atoms with Gasteiger partial charge in [-0.05, 0) is 37.1 Å². The molecule has 3 aromatic rings. The van der Waals surface area contributed by atoms with E-state index in [9.17, 15) is 4.79 Å². The van der Waals surface area contributed by atoms with Gasteiger partial charge in [0.1, 0.15) is 5.82 Å². The molecule has 1 amide bonds. The zero-order valence-electron chi connectivity index (χ0n) is 14.2. The third-order valence-corrected chi connectivity index (χ3v) is 4.53. The van der Waals surface area contributed by atoms with Crippen molar-refractivity contribution in [2.45, 2.75) is 26.3 Å². The molecule has 3 rings (SSSR count). The third kappa shape index (κ3) is 4.87. The van der Waals surface area contributed by atoms with E-state index in [4.69, 9.17) is 0 Å². The molecule has 128 valence electrons. The second kappa shape index (κ2) is 7.90. The average Bonchev–Trinajstić information content (AvgIpc) is 3.02. The molecule has 25 heavy (non-hydrogen) atoms. The van der Waals surface area contributed by atoms with Gasteiger partial charge in [0, 0.05) is 11.6 Å². The molecule has 5 nitrogen and oxygen atoms in total. The van der Waals surface area contributed by atoms with Crippen LogP contribution in [-0.2, 0) is 11.2 Å². The fourth-order valence-electron chi connectivity index (χ4n) is 2.44. The molecule has 2 N–H and O–H groups in total. The molecular weight excluding hydrogens is 332 g/mol. The number of aryl methyl sites for hydroxylation is 1. The summed E-state index contributed by atoms with van der Waals surface area (Å²) in [6, 6.07) is 13.8. The number of amides is 1. The Morgan fingerprint density at radius 3 is 2.80 bits per heavy atom. The Morgan fingerprint density at radius 1 is 1.24 bits per heavy atom. The van der Waals surface area contributed by atoms with Crippen LogP contribution in [0.4, 0.5) is 10.9 Å². The van der Waals surface area contributed by atoms with Gasteiger partial charge >= 0.3 is 0 Å². The summed E-state index contributed by atoms with van der Waals surface area (Å²) >= 11 is 1.47. The molecule has 6 heteroatoms. The molecule has 1 atom stereocenters. The Bertz CT molecular complexity index is 847. The second-order valence-corrected chi connectivity index (χ2v) is 6.72. The highest BCUT2D eigenvalue weighted by molar-refractivity contribution is 7.13. The second-order valence-electron chi connectivity index (χ2n) is 5.86. The lowest BCUT2D eigenvalue weighted by Gasteiger charge is -2.13. The number of thiazole rings is 1. The van der Waals surface area contributed by atoms with Crippen LogP contribution in [0.2, 0.25) is 0 Å². The normalized spacial score (nSPS) is 11.8. The summed E-state index contributed by atoms with van der Waals surface area (Å²) in [4.78, 5) is 20.9. The highest BCUT2D eigenvalue weighted by Gasteiger charge is 2.12. The molecule has 0 aliphatic rings. The lowest BCUT2D eigenvalue weighted by molar-refractivity contribution is -0.121. The minimum absolute atomic E-state index is 0.0265. The molecule has 0 bridgehead atoms. The van der Waals surface area contributed by atoms with Crippen molar-refractivity contribution in [3.05, 3.63) is 70.9 Å². The van der Waals surface area contributed by atoms with Crippen LogP contribution in [0.15, 0.2) is 54.0 Å². The number of hydrogen-bond donors (Lipinski definition) is 2. The summed E-state index contributed by atoms with van der Waals surface area (Å²) in [5.74, 6) is 0.713. The number of hydrogen-bond acceptors (Lipinski definition) is 5.